The first-order chi connectivity index (χ1) is 10.9. The number of hydrogen-bond acceptors (Lipinski definition) is 3. The first-order valence-corrected chi connectivity index (χ1v) is 8.50. The zero-order valence-electron chi connectivity index (χ0n) is 13.2. The van der Waals surface area contributed by atoms with Crippen LogP contribution in [0.1, 0.15) is 37.7 Å². The van der Waals surface area contributed by atoms with Gasteiger partial charge in [-0.2, -0.15) is 5.10 Å². The largest absolute Gasteiger partial charge is 0.314 e. The number of benzene rings is 1. The third kappa shape index (κ3) is 4.67. The molecule has 2 unspecified atom stereocenters. The van der Waals surface area contributed by atoms with Crippen molar-refractivity contribution in [1.29, 1.82) is 0 Å². The van der Waals surface area contributed by atoms with E-state index >= 15 is 0 Å². The van der Waals surface area contributed by atoms with Gasteiger partial charge in [-0.15, -0.1) is 0 Å². The minimum Gasteiger partial charge on any atom is -0.314 e. The molecule has 0 aliphatic carbocycles. The van der Waals surface area contributed by atoms with Crippen molar-refractivity contribution < 1.29 is 0 Å². The third-order valence-corrected chi connectivity index (χ3v) is 4.70. The van der Waals surface area contributed by atoms with Crippen LogP contribution in [0.4, 0.5) is 0 Å². The zero-order valence-corrected chi connectivity index (χ0v) is 13.2. The summed E-state index contributed by atoms with van der Waals surface area (Å²) >= 11 is 0. The summed E-state index contributed by atoms with van der Waals surface area (Å²) in [4.78, 5) is 4.00. The molecule has 0 bridgehead atoms. The number of nitrogens with zero attached hydrogens (tertiary/aromatic N) is 3. The molecule has 1 aliphatic heterocycles. The Morgan fingerprint density at radius 1 is 1.18 bits per heavy atom. The lowest BCUT2D eigenvalue weighted by Gasteiger charge is -2.30. The van der Waals surface area contributed by atoms with E-state index < -0.39 is 0 Å². The molecule has 0 saturated carbocycles. The molecule has 1 aromatic heterocycles. The van der Waals surface area contributed by atoms with E-state index in [2.05, 4.69) is 45.7 Å². The lowest BCUT2D eigenvalue weighted by atomic mass is 9.86. The van der Waals surface area contributed by atoms with Gasteiger partial charge >= 0.3 is 0 Å². The van der Waals surface area contributed by atoms with Gasteiger partial charge < -0.3 is 5.32 Å². The average molecular weight is 298 g/mol. The Balaban J connectivity index is 1.37. The Bertz CT molecular complexity index is 523. The first kappa shape index (κ1) is 15.2. The normalized spacial score (nSPS) is 21.8. The molecule has 4 nitrogen and oxygen atoms in total. The van der Waals surface area contributed by atoms with Crippen LogP contribution in [-0.4, -0.2) is 27.4 Å². The first-order valence-electron chi connectivity index (χ1n) is 8.50. The van der Waals surface area contributed by atoms with E-state index in [9.17, 15) is 0 Å². The molecule has 1 aliphatic rings. The molecule has 1 saturated heterocycles. The van der Waals surface area contributed by atoms with Crippen LogP contribution >= 0.6 is 0 Å². The fraction of sp³-hybridized carbons (Fsp3) is 0.556. The van der Waals surface area contributed by atoms with E-state index in [1.54, 1.807) is 12.7 Å². The SMILES string of the molecule is c1ccc(CCCC2CCNC(CCn3cncn3)C2)cc1. The molecule has 3 rings (SSSR count). The summed E-state index contributed by atoms with van der Waals surface area (Å²) < 4.78 is 1.93. The summed E-state index contributed by atoms with van der Waals surface area (Å²) in [5.41, 5.74) is 1.47. The smallest absolute Gasteiger partial charge is 0.137 e. The van der Waals surface area contributed by atoms with E-state index in [0.717, 1.165) is 25.4 Å². The van der Waals surface area contributed by atoms with Gasteiger partial charge in [0, 0.05) is 12.6 Å². The summed E-state index contributed by atoms with van der Waals surface area (Å²) in [5.74, 6) is 0.880. The Kier molecular flexibility index (Phi) is 5.59. The van der Waals surface area contributed by atoms with Crippen LogP contribution in [0, 0.1) is 5.92 Å². The fourth-order valence-electron chi connectivity index (χ4n) is 3.45. The topological polar surface area (TPSA) is 42.7 Å². The molecule has 0 radical (unpaired) electrons. The molecule has 0 spiro atoms. The minimum absolute atomic E-state index is 0.639. The molecule has 1 fully saturated rings. The summed E-state index contributed by atoms with van der Waals surface area (Å²) in [6.07, 6.45) is 11.1. The number of hydrogen-bond donors (Lipinski definition) is 1. The lowest BCUT2D eigenvalue weighted by molar-refractivity contribution is 0.266. The van der Waals surface area contributed by atoms with Crippen LogP contribution in [0.5, 0.6) is 0 Å². The van der Waals surface area contributed by atoms with Gasteiger partial charge in [-0.05, 0) is 50.1 Å². The molecular weight excluding hydrogens is 272 g/mol. The summed E-state index contributed by atoms with van der Waals surface area (Å²) in [6.45, 7) is 2.13. The third-order valence-electron chi connectivity index (χ3n) is 4.70. The van der Waals surface area contributed by atoms with Gasteiger partial charge in [0.1, 0.15) is 12.7 Å². The summed E-state index contributed by atoms with van der Waals surface area (Å²) in [7, 11) is 0. The van der Waals surface area contributed by atoms with E-state index in [-0.39, 0.29) is 0 Å². The van der Waals surface area contributed by atoms with E-state index in [1.807, 2.05) is 4.68 Å². The number of piperidine rings is 1. The highest BCUT2D eigenvalue weighted by Crippen LogP contribution is 2.23. The minimum atomic E-state index is 0.639. The highest BCUT2D eigenvalue weighted by molar-refractivity contribution is 5.14. The van der Waals surface area contributed by atoms with Crippen LogP contribution in [0.25, 0.3) is 0 Å². The van der Waals surface area contributed by atoms with Gasteiger partial charge in [-0.1, -0.05) is 36.8 Å². The highest BCUT2D eigenvalue weighted by Gasteiger charge is 2.20. The molecular formula is C18H26N4. The van der Waals surface area contributed by atoms with Gasteiger partial charge in [0.25, 0.3) is 0 Å². The van der Waals surface area contributed by atoms with Gasteiger partial charge in [-0.25, -0.2) is 4.98 Å². The molecule has 0 amide bonds. The quantitative estimate of drug-likeness (QED) is 0.854. The second-order valence-electron chi connectivity index (χ2n) is 6.37. The number of nitrogens with one attached hydrogen (secondary N) is 1. The Morgan fingerprint density at radius 3 is 2.91 bits per heavy atom. The zero-order chi connectivity index (χ0) is 15.0. The molecule has 2 heterocycles. The molecule has 1 N–H and O–H groups in total. The summed E-state index contributed by atoms with van der Waals surface area (Å²) in [6, 6.07) is 11.5. The van der Waals surface area contributed by atoms with E-state index in [1.165, 1.54) is 37.7 Å². The predicted molar refractivity (Wildman–Crippen MR) is 88.5 cm³/mol. The maximum atomic E-state index is 4.18. The second kappa shape index (κ2) is 8.08. The average Bonchev–Trinajstić information content (AvgIpc) is 3.08. The number of rotatable bonds is 7. The molecule has 118 valence electrons. The van der Waals surface area contributed by atoms with Crippen molar-refractivity contribution in [1.82, 2.24) is 20.1 Å². The maximum Gasteiger partial charge on any atom is 0.137 e. The van der Waals surface area contributed by atoms with Crippen molar-refractivity contribution in [3.63, 3.8) is 0 Å². The number of aromatic nitrogens is 3. The van der Waals surface area contributed by atoms with Crippen molar-refractivity contribution in [2.45, 2.75) is 51.1 Å². The van der Waals surface area contributed by atoms with Crippen molar-refractivity contribution >= 4 is 0 Å². The number of aryl methyl sites for hydroxylation is 2. The Labute approximate surface area is 133 Å². The molecule has 2 atom stereocenters. The van der Waals surface area contributed by atoms with Crippen LogP contribution in [0.15, 0.2) is 43.0 Å². The van der Waals surface area contributed by atoms with Crippen molar-refractivity contribution in [3.05, 3.63) is 48.5 Å². The monoisotopic (exact) mass is 298 g/mol. The van der Waals surface area contributed by atoms with E-state index in [0.29, 0.717) is 6.04 Å². The van der Waals surface area contributed by atoms with Gasteiger partial charge in [0.2, 0.25) is 0 Å². The standard InChI is InChI=1S/C18H26N4/c1-2-5-16(6-3-1)7-4-8-17-9-11-20-18(13-17)10-12-22-15-19-14-21-22/h1-3,5-6,14-15,17-18,20H,4,7-13H2. The van der Waals surface area contributed by atoms with Crippen LogP contribution < -0.4 is 5.32 Å². The predicted octanol–water partition coefficient (Wildman–Crippen LogP) is 3.06. The Morgan fingerprint density at radius 2 is 2.09 bits per heavy atom. The molecule has 22 heavy (non-hydrogen) atoms. The fourth-order valence-corrected chi connectivity index (χ4v) is 3.45. The van der Waals surface area contributed by atoms with Gasteiger partial charge in [0.05, 0.1) is 0 Å². The van der Waals surface area contributed by atoms with Crippen molar-refractivity contribution in [2.75, 3.05) is 6.54 Å². The van der Waals surface area contributed by atoms with Crippen LogP contribution in [0.2, 0.25) is 0 Å². The van der Waals surface area contributed by atoms with Crippen LogP contribution in [0.3, 0.4) is 0 Å². The molecule has 2 aromatic rings. The van der Waals surface area contributed by atoms with Crippen molar-refractivity contribution in [2.24, 2.45) is 5.92 Å². The van der Waals surface area contributed by atoms with Crippen LogP contribution in [-0.2, 0) is 13.0 Å². The lowest BCUT2D eigenvalue weighted by Crippen LogP contribution is -2.38. The van der Waals surface area contributed by atoms with Gasteiger partial charge in [0.15, 0.2) is 0 Å². The van der Waals surface area contributed by atoms with E-state index in [4.69, 9.17) is 0 Å². The second-order valence-corrected chi connectivity index (χ2v) is 6.37. The summed E-state index contributed by atoms with van der Waals surface area (Å²) in [5, 5.41) is 7.84. The molecule has 1 aromatic carbocycles. The highest BCUT2D eigenvalue weighted by atomic mass is 15.3. The Hall–Kier alpha value is -1.68. The van der Waals surface area contributed by atoms with Crippen molar-refractivity contribution in [3.8, 4) is 0 Å². The van der Waals surface area contributed by atoms with Gasteiger partial charge in [-0.3, -0.25) is 4.68 Å². The maximum absolute atomic E-state index is 4.18. The molecule has 4 heteroatoms.